The van der Waals surface area contributed by atoms with Gasteiger partial charge in [-0.2, -0.15) is 0 Å². The third kappa shape index (κ3) is 3.89. The van der Waals surface area contributed by atoms with E-state index in [0.29, 0.717) is 38.1 Å². The number of carbonyl (C=O) groups is 2. The van der Waals surface area contributed by atoms with E-state index in [2.05, 4.69) is 10.5 Å². The van der Waals surface area contributed by atoms with Crippen LogP contribution < -0.4 is 5.32 Å². The van der Waals surface area contributed by atoms with E-state index in [4.69, 9.17) is 4.52 Å². The normalized spacial score (nSPS) is 19.3. The minimum absolute atomic E-state index is 0.0315. The number of aromatic nitrogens is 1. The van der Waals surface area contributed by atoms with E-state index in [0.717, 1.165) is 24.1 Å². The fourth-order valence-corrected chi connectivity index (χ4v) is 3.85. The molecule has 6 nitrogen and oxygen atoms in total. The topological polar surface area (TPSA) is 75.4 Å². The summed E-state index contributed by atoms with van der Waals surface area (Å²) in [5.74, 6) is 0.546. The number of likely N-dealkylation sites (N-methyl/N-ethyl adjacent to an activating group) is 1. The maximum absolute atomic E-state index is 13.0. The van der Waals surface area contributed by atoms with Crippen molar-refractivity contribution in [2.75, 3.05) is 13.1 Å². The predicted molar refractivity (Wildman–Crippen MR) is 103 cm³/mol. The summed E-state index contributed by atoms with van der Waals surface area (Å²) < 4.78 is 5.55. The molecule has 0 aliphatic carbocycles. The fraction of sp³-hybridized carbons (Fsp3) is 0.476. The summed E-state index contributed by atoms with van der Waals surface area (Å²) in [7, 11) is 0. The lowest BCUT2D eigenvalue weighted by molar-refractivity contribution is -0.145. The molecule has 144 valence electrons. The van der Waals surface area contributed by atoms with Gasteiger partial charge < -0.3 is 14.7 Å². The van der Waals surface area contributed by atoms with Gasteiger partial charge in [-0.15, -0.1) is 0 Å². The summed E-state index contributed by atoms with van der Waals surface area (Å²) in [6, 6.07) is 11.6. The first kappa shape index (κ1) is 19.1. The van der Waals surface area contributed by atoms with E-state index >= 15 is 0 Å². The van der Waals surface area contributed by atoms with Crippen molar-refractivity contribution in [2.24, 2.45) is 0 Å². The third-order valence-corrected chi connectivity index (χ3v) is 5.11. The van der Waals surface area contributed by atoms with E-state index < -0.39 is 5.54 Å². The molecule has 1 saturated heterocycles. The van der Waals surface area contributed by atoms with Crippen molar-refractivity contribution in [3.05, 3.63) is 42.2 Å². The zero-order chi connectivity index (χ0) is 19.3. The van der Waals surface area contributed by atoms with Crippen molar-refractivity contribution >= 4 is 11.8 Å². The molecule has 2 amide bonds. The van der Waals surface area contributed by atoms with Gasteiger partial charge in [-0.25, -0.2) is 0 Å². The number of amides is 2. The van der Waals surface area contributed by atoms with Gasteiger partial charge >= 0.3 is 0 Å². The molecule has 0 saturated carbocycles. The number of nitrogens with zero attached hydrogens (tertiary/aromatic N) is 2. The van der Waals surface area contributed by atoms with Gasteiger partial charge in [0.05, 0.1) is 0 Å². The second-order valence-corrected chi connectivity index (χ2v) is 7.01. The van der Waals surface area contributed by atoms with Crippen molar-refractivity contribution in [3.8, 4) is 11.3 Å². The summed E-state index contributed by atoms with van der Waals surface area (Å²) in [5.41, 5.74) is 0.807. The Morgan fingerprint density at radius 3 is 2.74 bits per heavy atom. The highest BCUT2D eigenvalue weighted by Gasteiger charge is 2.49. The molecule has 2 aromatic rings. The maximum atomic E-state index is 13.0. The standard InChI is InChI=1S/C21H27N3O3/c1-3-9-19(25)24-13-8-12-21(24,20(26)22-4-2)15-17-14-18(23-27-17)16-10-6-5-7-11-16/h5-7,10-11,14H,3-4,8-9,12-13,15H2,1-2H3,(H,22,26)/t21-/m0/s1. The molecule has 0 bridgehead atoms. The molecular formula is C21H27N3O3. The molecule has 1 aliphatic heterocycles. The van der Waals surface area contributed by atoms with E-state index in [1.54, 1.807) is 4.90 Å². The number of nitrogens with one attached hydrogen (secondary N) is 1. The summed E-state index contributed by atoms with van der Waals surface area (Å²) in [5, 5.41) is 7.08. The highest BCUT2D eigenvalue weighted by atomic mass is 16.5. The number of hydrogen-bond acceptors (Lipinski definition) is 4. The Labute approximate surface area is 159 Å². The van der Waals surface area contributed by atoms with Crippen LogP contribution in [0.2, 0.25) is 0 Å². The number of carbonyl (C=O) groups excluding carboxylic acids is 2. The Hall–Kier alpha value is -2.63. The van der Waals surface area contributed by atoms with Gasteiger partial charge in [0.15, 0.2) is 0 Å². The molecule has 0 unspecified atom stereocenters. The van der Waals surface area contributed by atoms with E-state index in [9.17, 15) is 9.59 Å². The lowest BCUT2D eigenvalue weighted by Crippen LogP contribution is -2.58. The van der Waals surface area contributed by atoms with Crippen LogP contribution in [0.3, 0.4) is 0 Å². The molecular weight excluding hydrogens is 342 g/mol. The van der Waals surface area contributed by atoms with Crippen LogP contribution in [-0.4, -0.2) is 40.5 Å². The summed E-state index contributed by atoms with van der Waals surface area (Å²) in [4.78, 5) is 27.4. The van der Waals surface area contributed by atoms with Crippen LogP contribution in [0.15, 0.2) is 40.9 Å². The summed E-state index contributed by atoms with van der Waals surface area (Å²) >= 11 is 0. The molecule has 1 aromatic heterocycles. The van der Waals surface area contributed by atoms with Crippen molar-refractivity contribution in [1.29, 1.82) is 0 Å². The second kappa shape index (κ2) is 8.37. The molecule has 27 heavy (non-hydrogen) atoms. The Morgan fingerprint density at radius 2 is 2.04 bits per heavy atom. The molecule has 1 atom stereocenters. The molecule has 1 N–H and O–H groups in total. The second-order valence-electron chi connectivity index (χ2n) is 7.01. The predicted octanol–water partition coefficient (Wildman–Crippen LogP) is 3.18. The minimum Gasteiger partial charge on any atom is -0.361 e. The lowest BCUT2D eigenvalue weighted by Gasteiger charge is -2.36. The maximum Gasteiger partial charge on any atom is 0.246 e. The van der Waals surface area contributed by atoms with E-state index in [1.807, 2.05) is 50.2 Å². The van der Waals surface area contributed by atoms with Gasteiger partial charge in [0, 0.05) is 37.6 Å². The number of hydrogen-bond donors (Lipinski definition) is 1. The smallest absolute Gasteiger partial charge is 0.246 e. The number of rotatable bonds is 7. The van der Waals surface area contributed by atoms with Crippen LogP contribution in [0.25, 0.3) is 11.3 Å². The Balaban J connectivity index is 1.89. The third-order valence-electron chi connectivity index (χ3n) is 5.11. The van der Waals surface area contributed by atoms with Crippen LogP contribution in [0.1, 0.15) is 45.3 Å². The highest BCUT2D eigenvalue weighted by Crippen LogP contribution is 2.35. The van der Waals surface area contributed by atoms with Gasteiger partial charge in [-0.1, -0.05) is 42.4 Å². The van der Waals surface area contributed by atoms with E-state index in [-0.39, 0.29) is 11.8 Å². The summed E-state index contributed by atoms with van der Waals surface area (Å²) in [6.07, 6.45) is 3.00. The first-order valence-electron chi connectivity index (χ1n) is 9.70. The molecule has 6 heteroatoms. The molecule has 1 aromatic carbocycles. The molecule has 0 radical (unpaired) electrons. The average molecular weight is 369 g/mol. The van der Waals surface area contributed by atoms with Gasteiger partial charge in [0.1, 0.15) is 17.0 Å². The SMILES string of the molecule is CCCC(=O)N1CCC[C@]1(Cc1cc(-c2ccccc2)no1)C(=O)NCC. The molecule has 1 fully saturated rings. The van der Waals surface area contributed by atoms with Crippen molar-refractivity contribution in [2.45, 2.75) is 51.5 Å². The first-order valence-corrected chi connectivity index (χ1v) is 9.70. The zero-order valence-electron chi connectivity index (χ0n) is 16.0. The molecule has 1 aliphatic rings. The molecule has 2 heterocycles. The Bertz CT molecular complexity index is 787. The van der Waals surface area contributed by atoms with Crippen LogP contribution in [0.4, 0.5) is 0 Å². The van der Waals surface area contributed by atoms with Gasteiger partial charge in [0.25, 0.3) is 0 Å². The molecule has 3 rings (SSSR count). The van der Waals surface area contributed by atoms with Crippen LogP contribution in [0, 0.1) is 0 Å². The van der Waals surface area contributed by atoms with Crippen molar-refractivity contribution in [3.63, 3.8) is 0 Å². The van der Waals surface area contributed by atoms with Crippen LogP contribution >= 0.6 is 0 Å². The van der Waals surface area contributed by atoms with Gasteiger partial charge in [-0.3, -0.25) is 9.59 Å². The fourth-order valence-electron chi connectivity index (χ4n) is 3.85. The van der Waals surface area contributed by atoms with Crippen LogP contribution in [-0.2, 0) is 16.0 Å². The summed E-state index contributed by atoms with van der Waals surface area (Å²) in [6.45, 7) is 5.00. The molecule has 0 spiro atoms. The van der Waals surface area contributed by atoms with Crippen molar-refractivity contribution in [1.82, 2.24) is 15.4 Å². The zero-order valence-corrected chi connectivity index (χ0v) is 16.0. The minimum atomic E-state index is -0.893. The average Bonchev–Trinajstić information content (AvgIpc) is 3.31. The highest BCUT2D eigenvalue weighted by molar-refractivity contribution is 5.92. The lowest BCUT2D eigenvalue weighted by atomic mass is 9.88. The first-order chi connectivity index (χ1) is 13.1. The monoisotopic (exact) mass is 369 g/mol. The van der Waals surface area contributed by atoms with E-state index in [1.165, 1.54) is 0 Å². The largest absolute Gasteiger partial charge is 0.361 e. The van der Waals surface area contributed by atoms with Gasteiger partial charge in [0.2, 0.25) is 11.8 Å². The Morgan fingerprint density at radius 1 is 1.26 bits per heavy atom. The Kier molecular flexibility index (Phi) is 5.94. The number of benzene rings is 1. The number of likely N-dealkylation sites (tertiary alicyclic amines) is 1. The van der Waals surface area contributed by atoms with Crippen molar-refractivity contribution < 1.29 is 14.1 Å². The van der Waals surface area contributed by atoms with Gasteiger partial charge in [-0.05, 0) is 26.2 Å². The quantitative estimate of drug-likeness (QED) is 0.813. The van der Waals surface area contributed by atoms with Crippen LogP contribution in [0.5, 0.6) is 0 Å².